The zero-order valence-electron chi connectivity index (χ0n) is 13.2. The van der Waals surface area contributed by atoms with Crippen LogP contribution in [0.4, 0.5) is 5.69 Å². The van der Waals surface area contributed by atoms with Gasteiger partial charge in [-0.15, -0.1) is 0 Å². The Hall–Kier alpha value is -1.84. The minimum atomic E-state index is -0.150. The van der Waals surface area contributed by atoms with Gasteiger partial charge in [0.15, 0.2) is 5.78 Å². The predicted molar refractivity (Wildman–Crippen MR) is 84.8 cm³/mol. The van der Waals surface area contributed by atoms with Crippen molar-refractivity contribution in [2.24, 2.45) is 0 Å². The number of anilines is 1. The van der Waals surface area contributed by atoms with Gasteiger partial charge < -0.3 is 9.64 Å². The molecule has 116 valence electrons. The van der Waals surface area contributed by atoms with E-state index >= 15 is 0 Å². The second-order valence-electron chi connectivity index (χ2n) is 5.23. The van der Waals surface area contributed by atoms with Gasteiger partial charge in [-0.2, -0.15) is 0 Å². The molecular formula is C17H25NO3. The smallest absolute Gasteiger partial charge is 0.305 e. The van der Waals surface area contributed by atoms with Crippen LogP contribution >= 0.6 is 0 Å². The Bertz CT molecular complexity index is 452. The van der Waals surface area contributed by atoms with Gasteiger partial charge in [-0.3, -0.25) is 9.59 Å². The number of nitrogens with zero attached hydrogens (tertiary/aromatic N) is 1. The van der Waals surface area contributed by atoms with E-state index in [9.17, 15) is 9.59 Å². The number of carbonyl (C=O) groups is 2. The highest BCUT2D eigenvalue weighted by Gasteiger charge is 2.07. The normalized spacial score (nSPS) is 10.2. The van der Waals surface area contributed by atoms with Gasteiger partial charge in [0, 0.05) is 38.2 Å². The van der Waals surface area contributed by atoms with Gasteiger partial charge in [0.05, 0.1) is 6.61 Å². The third kappa shape index (κ3) is 6.43. The van der Waals surface area contributed by atoms with Gasteiger partial charge in [-0.05, 0) is 44.0 Å². The maximum atomic E-state index is 12.0. The summed E-state index contributed by atoms with van der Waals surface area (Å²) < 4.78 is 4.86. The van der Waals surface area contributed by atoms with Crippen LogP contribution in [0.25, 0.3) is 0 Å². The molecule has 0 unspecified atom stereocenters. The molecule has 1 aromatic carbocycles. The van der Waals surface area contributed by atoms with Gasteiger partial charge in [0.25, 0.3) is 0 Å². The van der Waals surface area contributed by atoms with Crippen molar-refractivity contribution >= 4 is 17.4 Å². The zero-order chi connectivity index (χ0) is 15.7. The number of ether oxygens (including phenoxy) is 1. The highest BCUT2D eigenvalue weighted by molar-refractivity contribution is 5.96. The van der Waals surface area contributed by atoms with E-state index in [4.69, 9.17) is 4.74 Å². The van der Waals surface area contributed by atoms with Crippen molar-refractivity contribution in [3.8, 4) is 0 Å². The molecule has 0 radical (unpaired) electrons. The fraction of sp³-hybridized carbons (Fsp3) is 0.529. The molecule has 0 saturated carbocycles. The van der Waals surface area contributed by atoms with Crippen molar-refractivity contribution in [1.82, 2.24) is 0 Å². The molecule has 0 bridgehead atoms. The summed E-state index contributed by atoms with van der Waals surface area (Å²) in [5, 5.41) is 0. The van der Waals surface area contributed by atoms with Crippen LogP contribution in [0.5, 0.6) is 0 Å². The highest BCUT2D eigenvalue weighted by Crippen LogP contribution is 2.15. The number of hydrogen-bond acceptors (Lipinski definition) is 4. The van der Waals surface area contributed by atoms with Crippen molar-refractivity contribution in [3.05, 3.63) is 29.8 Å². The van der Waals surface area contributed by atoms with Crippen molar-refractivity contribution in [2.75, 3.05) is 25.6 Å². The molecular weight excluding hydrogens is 266 g/mol. The Morgan fingerprint density at radius 2 is 1.62 bits per heavy atom. The fourth-order valence-electron chi connectivity index (χ4n) is 2.05. The van der Waals surface area contributed by atoms with E-state index in [2.05, 4.69) is 0 Å². The van der Waals surface area contributed by atoms with Gasteiger partial charge in [0.1, 0.15) is 0 Å². The number of Topliss-reactive ketones (excluding diaryl/α,β-unsaturated/α-hetero) is 1. The minimum absolute atomic E-state index is 0.150. The van der Waals surface area contributed by atoms with Crippen LogP contribution in [0.3, 0.4) is 0 Å². The Morgan fingerprint density at radius 3 is 2.19 bits per heavy atom. The topological polar surface area (TPSA) is 46.6 Å². The molecule has 1 rings (SSSR count). The molecule has 21 heavy (non-hydrogen) atoms. The molecule has 0 aliphatic rings. The predicted octanol–water partition coefficient (Wildman–Crippen LogP) is 3.45. The van der Waals surface area contributed by atoms with E-state index in [1.165, 1.54) is 0 Å². The summed E-state index contributed by atoms with van der Waals surface area (Å²) in [4.78, 5) is 25.2. The number of hydrogen-bond donors (Lipinski definition) is 0. The van der Waals surface area contributed by atoms with E-state index < -0.39 is 0 Å². The maximum Gasteiger partial charge on any atom is 0.305 e. The van der Waals surface area contributed by atoms with Crippen molar-refractivity contribution in [1.29, 1.82) is 0 Å². The first-order valence-corrected chi connectivity index (χ1v) is 7.50. The summed E-state index contributed by atoms with van der Waals surface area (Å²) in [6.07, 6.45) is 3.45. The van der Waals surface area contributed by atoms with Gasteiger partial charge in [-0.25, -0.2) is 0 Å². The molecule has 0 spiro atoms. The van der Waals surface area contributed by atoms with Gasteiger partial charge in [-0.1, -0.05) is 6.42 Å². The molecule has 4 heteroatoms. The lowest BCUT2D eigenvalue weighted by molar-refractivity contribution is -0.143. The van der Waals surface area contributed by atoms with Crippen LogP contribution in [0, 0.1) is 0 Å². The van der Waals surface area contributed by atoms with Gasteiger partial charge >= 0.3 is 5.97 Å². The molecule has 0 aromatic heterocycles. The van der Waals surface area contributed by atoms with Crippen molar-refractivity contribution in [2.45, 2.75) is 39.0 Å². The summed E-state index contributed by atoms with van der Waals surface area (Å²) in [7, 11) is 3.95. The van der Waals surface area contributed by atoms with E-state index in [-0.39, 0.29) is 11.8 Å². The summed E-state index contributed by atoms with van der Waals surface area (Å²) in [5.41, 5.74) is 1.84. The van der Waals surface area contributed by atoms with Crippen molar-refractivity contribution in [3.63, 3.8) is 0 Å². The third-order valence-electron chi connectivity index (χ3n) is 3.30. The summed E-state index contributed by atoms with van der Waals surface area (Å²) >= 11 is 0. The summed E-state index contributed by atoms with van der Waals surface area (Å²) in [5.74, 6) is 0.0135. The molecule has 0 atom stereocenters. The third-order valence-corrected chi connectivity index (χ3v) is 3.30. The molecule has 0 amide bonds. The van der Waals surface area contributed by atoms with Gasteiger partial charge in [0.2, 0.25) is 0 Å². The Balaban J connectivity index is 2.26. The average Bonchev–Trinajstić information content (AvgIpc) is 2.47. The number of ketones is 1. The van der Waals surface area contributed by atoms with Crippen LogP contribution in [0.15, 0.2) is 24.3 Å². The molecule has 0 aliphatic carbocycles. The first-order valence-electron chi connectivity index (χ1n) is 7.50. The second-order valence-corrected chi connectivity index (χ2v) is 5.23. The molecule has 0 aliphatic heterocycles. The molecule has 0 fully saturated rings. The molecule has 1 aromatic rings. The maximum absolute atomic E-state index is 12.0. The zero-order valence-corrected chi connectivity index (χ0v) is 13.2. The number of rotatable bonds is 9. The largest absolute Gasteiger partial charge is 0.466 e. The molecule has 0 heterocycles. The quantitative estimate of drug-likeness (QED) is 0.397. The number of benzene rings is 1. The number of esters is 1. The van der Waals surface area contributed by atoms with Crippen molar-refractivity contribution < 1.29 is 14.3 Å². The summed E-state index contributed by atoms with van der Waals surface area (Å²) in [6.45, 7) is 2.23. The lowest BCUT2D eigenvalue weighted by Gasteiger charge is -2.12. The molecule has 0 saturated heterocycles. The molecule has 0 N–H and O–H groups in total. The van der Waals surface area contributed by atoms with E-state index in [0.717, 1.165) is 30.5 Å². The lowest BCUT2D eigenvalue weighted by Crippen LogP contribution is -2.08. The average molecular weight is 291 g/mol. The summed E-state index contributed by atoms with van der Waals surface area (Å²) in [6, 6.07) is 7.65. The van der Waals surface area contributed by atoms with Crippen LogP contribution in [0.2, 0.25) is 0 Å². The first kappa shape index (κ1) is 17.2. The first-order chi connectivity index (χ1) is 10.0. The highest BCUT2D eigenvalue weighted by atomic mass is 16.5. The van der Waals surface area contributed by atoms with E-state index in [0.29, 0.717) is 19.4 Å². The number of unbranched alkanes of at least 4 members (excludes halogenated alkanes) is 2. The monoisotopic (exact) mass is 291 g/mol. The minimum Gasteiger partial charge on any atom is -0.466 e. The Labute approximate surface area is 127 Å². The van der Waals surface area contributed by atoms with Crippen LogP contribution in [-0.2, 0) is 9.53 Å². The number of carbonyl (C=O) groups excluding carboxylic acids is 2. The SMILES string of the molecule is CCOC(=O)CCCCCC(=O)c1ccc(N(C)C)cc1. The fourth-order valence-corrected chi connectivity index (χ4v) is 2.05. The van der Waals surface area contributed by atoms with E-state index in [1.807, 2.05) is 43.3 Å². The van der Waals surface area contributed by atoms with Crippen LogP contribution < -0.4 is 4.90 Å². The van der Waals surface area contributed by atoms with E-state index in [1.54, 1.807) is 6.92 Å². The lowest BCUT2D eigenvalue weighted by atomic mass is 10.0. The van der Waals surface area contributed by atoms with Crippen LogP contribution in [-0.4, -0.2) is 32.5 Å². The Kier molecular flexibility index (Phi) is 7.51. The standard InChI is InChI=1S/C17H25NO3/c1-4-21-17(20)9-7-5-6-8-16(19)14-10-12-15(13-11-14)18(2)3/h10-13H,4-9H2,1-3H3. The second kappa shape index (κ2) is 9.16. The van der Waals surface area contributed by atoms with Crippen LogP contribution in [0.1, 0.15) is 49.4 Å². The molecule has 4 nitrogen and oxygen atoms in total. The Morgan fingerprint density at radius 1 is 1.00 bits per heavy atom.